The quantitative estimate of drug-likeness (QED) is 0.298. The van der Waals surface area contributed by atoms with Crippen LogP contribution in [0, 0.1) is 5.92 Å². The molecule has 0 saturated heterocycles. The predicted molar refractivity (Wildman–Crippen MR) is 42.5 cm³/mol. The van der Waals surface area contributed by atoms with Crippen LogP contribution in [0.3, 0.4) is 0 Å². The van der Waals surface area contributed by atoms with Crippen molar-refractivity contribution in [1.82, 2.24) is 0 Å². The van der Waals surface area contributed by atoms with Gasteiger partial charge in [-0.2, -0.15) is 0 Å². The summed E-state index contributed by atoms with van der Waals surface area (Å²) in [5.41, 5.74) is 4.00. The van der Waals surface area contributed by atoms with Crippen LogP contribution in [0.4, 0.5) is 0 Å². The Balaban J connectivity index is 2.93. The smallest absolute Gasteiger partial charge is 0.152 e. The lowest BCUT2D eigenvalue weighted by molar-refractivity contribution is -0.130. The van der Waals surface area contributed by atoms with Crippen molar-refractivity contribution in [2.75, 3.05) is 13.7 Å². The standard InChI is InChI=1S/C7H15NO5/c1-13-7(8)3(2-9)4(10)5(11)6(7)12/h3-6,9-12H,2,8H2,1H3/t3?,4-,5?,6+,7?/m1/s1. The van der Waals surface area contributed by atoms with E-state index in [4.69, 9.17) is 15.6 Å². The fourth-order valence-corrected chi connectivity index (χ4v) is 1.70. The van der Waals surface area contributed by atoms with Gasteiger partial charge in [0.2, 0.25) is 0 Å². The molecule has 6 nitrogen and oxygen atoms in total. The minimum atomic E-state index is -1.59. The van der Waals surface area contributed by atoms with Gasteiger partial charge in [-0.05, 0) is 0 Å². The maximum absolute atomic E-state index is 9.42. The van der Waals surface area contributed by atoms with Gasteiger partial charge in [-0.3, -0.25) is 0 Å². The van der Waals surface area contributed by atoms with Gasteiger partial charge in [0.05, 0.1) is 18.6 Å². The number of nitrogens with two attached hydrogens (primary N) is 1. The zero-order valence-corrected chi connectivity index (χ0v) is 7.29. The molecule has 0 spiro atoms. The molecule has 13 heavy (non-hydrogen) atoms. The summed E-state index contributed by atoms with van der Waals surface area (Å²) in [4.78, 5) is 0. The molecule has 0 bridgehead atoms. The van der Waals surface area contributed by atoms with Gasteiger partial charge in [-0.15, -0.1) is 0 Å². The van der Waals surface area contributed by atoms with Crippen LogP contribution < -0.4 is 5.73 Å². The number of aliphatic hydroxyl groups is 4. The van der Waals surface area contributed by atoms with Crippen molar-refractivity contribution in [2.45, 2.75) is 24.0 Å². The summed E-state index contributed by atoms with van der Waals surface area (Å²) in [7, 11) is 1.25. The molecule has 3 unspecified atom stereocenters. The molecule has 1 saturated carbocycles. The van der Waals surface area contributed by atoms with Gasteiger partial charge >= 0.3 is 0 Å². The maximum atomic E-state index is 9.42. The lowest BCUT2D eigenvalue weighted by Crippen LogP contribution is -2.56. The van der Waals surface area contributed by atoms with Crippen LogP contribution >= 0.6 is 0 Å². The second-order valence-corrected chi connectivity index (χ2v) is 3.27. The van der Waals surface area contributed by atoms with E-state index in [9.17, 15) is 15.3 Å². The van der Waals surface area contributed by atoms with E-state index in [1.807, 2.05) is 0 Å². The molecular formula is C7H15NO5. The van der Waals surface area contributed by atoms with Crippen LogP contribution in [0.15, 0.2) is 0 Å². The third kappa shape index (κ3) is 1.35. The van der Waals surface area contributed by atoms with E-state index in [2.05, 4.69) is 0 Å². The summed E-state index contributed by atoms with van der Waals surface area (Å²) >= 11 is 0. The minimum absolute atomic E-state index is 0.459. The van der Waals surface area contributed by atoms with Gasteiger partial charge in [-0.1, -0.05) is 0 Å². The average molecular weight is 193 g/mol. The highest BCUT2D eigenvalue weighted by molar-refractivity contribution is 5.06. The van der Waals surface area contributed by atoms with Crippen LogP contribution in [0.2, 0.25) is 0 Å². The molecule has 6 N–H and O–H groups in total. The Morgan fingerprint density at radius 1 is 1.31 bits per heavy atom. The summed E-state index contributed by atoms with van der Waals surface area (Å²) in [6.45, 7) is -0.459. The molecule has 1 aliphatic carbocycles. The molecule has 1 aliphatic rings. The second kappa shape index (κ2) is 3.49. The summed E-state index contributed by atoms with van der Waals surface area (Å²) in [6.07, 6.45) is -4.06. The molecule has 1 rings (SSSR count). The molecule has 0 aromatic rings. The molecule has 0 aliphatic heterocycles. The summed E-state index contributed by atoms with van der Waals surface area (Å²) < 4.78 is 4.80. The molecule has 5 atom stereocenters. The molecule has 0 heterocycles. The van der Waals surface area contributed by atoms with E-state index >= 15 is 0 Å². The first-order valence-electron chi connectivity index (χ1n) is 3.98. The van der Waals surface area contributed by atoms with Crippen LogP contribution in [0.5, 0.6) is 0 Å². The lowest BCUT2D eigenvalue weighted by atomic mass is 9.99. The Morgan fingerprint density at radius 2 is 1.85 bits per heavy atom. The Morgan fingerprint density at radius 3 is 2.15 bits per heavy atom. The van der Waals surface area contributed by atoms with Crippen LogP contribution in [-0.2, 0) is 4.74 Å². The van der Waals surface area contributed by atoms with Crippen LogP contribution in [0.25, 0.3) is 0 Å². The van der Waals surface area contributed by atoms with Crippen molar-refractivity contribution >= 4 is 0 Å². The summed E-state index contributed by atoms with van der Waals surface area (Å²) in [6, 6.07) is 0. The van der Waals surface area contributed by atoms with Crippen molar-refractivity contribution in [1.29, 1.82) is 0 Å². The molecule has 1 fully saturated rings. The Labute approximate surface area is 75.6 Å². The molecule has 78 valence electrons. The molecule has 0 amide bonds. The number of aliphatic hydroxyl groups excluding tert-OH is 4. The van der Waals surface area contributed by atoms with Crippen LogP contribution in [-0.4, -0.2) is 58.2 Å². The van der Waals surface area contributed by atoms with Crippen molar-refractivity contribution < 1.29 is 25.2 Å². The predicted octanol–water partition coefficient (Wildman–Crippen LogP) is -3.01. The SMILES string of the molecule is COC1(N)C(CO)[C@@H](O)C(O)[C@@H]1O. The topological polar surface area (TPSA) is 116 Å². The van der Waals surface area contributed by atoms with E-state index in [0.717, 1.165) is 0 Å². The fraction of sp³-hybridized carbons (Fsp3) is 1.00. The zero-order chi connectivity index (χ0) is 10.2. The minimum Gasteiger partial charge on any atom is -0.396 e. The largest absolute Gasteiger partial charge is 0.396 e. The van der Waals surface area contributed by atoms with E-state index in [0.29, 0.717) is 0 Å². The highest BCUT2D eigenvalue weighted by Crippen LogP contribution is 2.34. The normalized spacial score (nSPS) is 51.2. The third-order valence-electron chi connectivity index (χ3n) is 2.68. The fourth-order valence-electron chi connectivity index (χ4n) is 1.70. The van der Waals surface area contributed by atoms with Crippen molar-refractivity contribution in [3.05, 3.63) is 0 Å². The van der Waals surface area contributed by atoms with Gasteiger partial charge in [0, 0.05) is 7.11 Å². The average Bonchev–Trinajstić information content (AvgIpc) is 2.29. The van der Waals surface area contributed by atoms with E-state index in [-0.39, 0.29) is 0 Å². The number of hydrogen-bond donors (Lipinski definition) is 5. The first-order chi connectivity index (χ1) is 5.99. The first-order valence-corrected chi connectivity index (χ1v) is 3.98. The maximum Gasteiger partial charge on any atom is 0.152 e. The zero-order valence-electron chi connectivity index (χ0n) is 7.29. The summed E-state index contributed by atoms with van der Waals surface area (Å²) in [5, 5.41) is 36.9. The van der Waals surface area contributed by atoms with Crippen LogP contribution in [0.1, 0.15) is 0 Å². The Bertz CT molecular complexity index is 190. The van der Waals surface area contributed by atoms with E-state index < -0.39 is 36.6 Å². The molecular weight excluding hydrogens is 178 g/mol. The van der Waals surface area contributed by atoms with Gasteiger partial charge in [-0.25, -0.2) is 0 Å². The Hall–Kier alpha value is -0.240. The third-order valence-corrected chi connectivity index (χ3v) is 2.68. The molecule has 6 heteroatoms. The summed E-state index contributed by atoms with van der Waals surface area (Å²) in [5.74, 6) is -0.887. The van der Waals surface area contributed by atoms with Crippen molar-refractivity contribution in [2.24, 2.45) is 11.7 Å². The van der Waals surface area contributed by atoms with E-state index in [1.54, 1.807) is 0 Å². The number of methoxy groups -OCH3 is 1. The number of hydrogen-bond acceptors (Lipinski definition) is 6. The van der Waals surface area contributed by atoms with Gasteiger partial charge < -0.3 is 30.9 Å². The lowest BCUT2D eigenvalue weighted by Gasteiger charge is -2.31. The van der Waals surface area contributed by atoms with Gasteiger partial charge in [0.15, 0.2) is 5.72 Å². The number of rotatable bonds is 2. The number of ether oxygens (including phenoxy) is 1. The second-order valence-electron chi connectivity index (χ2n) is 3.27. The van der Waals surface area contributed by atoms with Gasteiger partial charge in [0.1, 0.15) is 12.2 Å². The first kappa shape index (κ1) is 10.8. The molecule has 0 aromatic carbocycles. The molecule has 0 radical (unpaired) electrons. The monoisotopic (exact) mass is 193 g/mol. The van der Waals surface area contributed by atoms with E-state index in [1.165, 1.54) is 7.11 Å². The van der Waals surface area contributed by atoms with Crippen molar-refractivity contribution in [3.8, 4) is 0 Å². The Kier molecular flexibility index (Phi) is 2.91. The highest BCUT2D eigenvalue weighted by Gasteiger charge is 2.58. The van der Waals surface area contributed by atoms with Gasteiger partial charge in [0.25, 0.3) is 0 Å². The van der Waals surface area contributed by atoms with Crippen molar-refractivity contribution in [3.63, 3.8) is 0 Å². The molecule has 0 aromatic heterocycles. The highest BCUT2D eigenvalue weighted by atomic mass is 16.5.